The number of hydrogen-bond acceptors (Lipinski definition) is 2. The van der Waals surface area contributed by atoms with E-state index >= 15 is 0 Å². The molecule has 1 aromatic carbocycles. The molecule has 0 unspecified atom stereocenters. The van der Waals surface area contributed by atoms with E-state index in [2.05, 4.69) is 34.8 Å². The molecule has 0 fully saturated rings. The molecule has 0 aliphatic rings. The second-order valence-corrected chi connectivity index (χ2v) is 5.22. The lowest BCUT2D eigenvalue weighted by molar-refractivity contribution is -0.116. The van der Waals surface area contributed by atoms with E-state index in [1.54, 1.807) is 7.05 Å². The maximum Gasteiger partial charge on any atom is 0.224 e. The summed E-state index contributed by atoms with van der Waals surface area (Å²) in [5.41, 5.74) is 1.93. The van der Waals surface area contributed by atoms with E-state index in [1.807, 2.05) is 31.2 Å². The topological polar surface area (TPSA) is 65.5 Å². The summed E-state index contributed by atoms with van der Waals surface area (Å²) in [6, 6.07) is 8.17. The Labute approximate surface area is 150 Å². The van der Waals surface area contributed by atoms with E-state index in [4.69, 9.17) is 0 Å². The third-order valence-electron chi connectivity index (χ3n) is 2.80. The maximum absolute atomic E-state index is 11.6. The van der Waals surface area contributed by atoms with Crippen LogP contribution in [0.3, 0.4) is 0 Å². The molecule has 0 radical (unpaired) electrons. The summed E-state index contributed by atoms with van der Waals surface area (Å²) in [7, 11) is 1.75. The molecule has 124 valence electrons. The second kappa shape index (κ2) is 11.3. The highest BCUT2D eigenvalue weighted by molar-refractivity contribution is 14.0. The predicted molar refractivity (Wildman–Crippen MR) is 104 cm³/mol. The molecule has 1 rings (SSSR count). The number of guanidine groups is 1. The number of hydrogen-bond donors (Lipinski definition) is 3. The van der Waals surface area contributed by atoms with Crippen LogP contribution in [-0.2, 0) is 11.3 Å². The summed E-state index contributed by atoms with van der Waals surface area (Å²) < 4.78 is 0. The van der Waals surface area contributed by atoms with E-state index in [0.717, 1.165) is 23.6 Å². The summed E-state index contributed by atoms with van der Waals surface area (Å²) >= 11 is 0. The lowest BCUT2D eigenvalue weighted by Gasteiger charge is -2.15. The van der Waals surface area contributed by atoms with Gasteiger partial charge in [-0.25, -0.2) is 0 Å². The van der Waals surface area contributed by atoms with Gasteiger partial charge in [-0.05, 0) is 38.0 Å². The zero-order valence-corrected chi connectivity index (χ0v) is 16.1. The molecule has 0 spiro atoms. The Balaban J connectivity index is 0.00000441. The summed E-state index contributed by atoms with van der Waals surface area (Å²) in [6.45, 7) is 6.78. The molecule has 0 bridgehead atoms. The Kier molecular flexibility index (Phi) is 10.6. The van der Waals surface area contributed by atoms with Crippen LogP contribution in [0.4, 0.5) is 5.69 Å². The largest absolute Gasteiger partial charge is 0.354 e. The molecule has 3 N–H and O–H groups in total. The first-order chi connectivity index (χ1) is 10.0. The Morgan fingerprint density at radius 2 is 2.05 bits per heavy atom. The standard InChI is InChI=1S/C16H26N4O.HI/c1-5-7-15(21)20-14-9-6-8-13(10-14)11-18-16(17-4)19-12(2)3;/h6,8-10,12H,5,7,11H2,1-4H3,(H,20,21)(H2,17,18,19);1H. The van der Waals surface area contributed by atoms with E-state index in [1.165, 1.54) is 0 Å². The average Bonchev–Trinajstić information content (AvgIpc) is 2.43. The van der Waals surface area contributed by atoms with E-state index < -0.39 is 0 Å². The zero-order valence-electron chi connectivity index (χ0n) is 13.8. The Morgan fingerprint density at radius 3 is 2.64 bits per heavy atom. The van der Waals surface area contributed by atoms with Crippen molar-refractivity contribution < 1.29 is 4.79 Å². The number of amides is 1. The minimum atomic E-state index is 0. The van der Waals surface area contributed by atoms with Gasteiger partial charge in [0.25, 0.3) is 0 Å². The average molecular weight is 418 g/mol. The number of halogens is 1. The molecule has 0 aliphatic carbocycles. The minimum Gasteiger partial charge on any atom is -0.354 e. The zero-order chi connectivity index (χ0) is 15.7. The van der Waals surface area contributed by atoms with Gasteiger partial charge in [0.15, 0.2) is 5.96 Å². The Hall–Kier alpha value is -1.31. The quantitative estimate of drug-likeness (QED) is 0.378. The van der Waals surface area contributed by atoms with Crippen molar-refractivity contribution in [3.8, 4) is 0 Å². The molecule has 1 amide bonds. The Bertz CT molecular complexity index is 489. The van der Waals surface area contributed by atoms with Gasteiger partial charge in [0.05, 0.1) is 0 Å². The van der Waals surface area contributed by atoms with Crippen molar-refractivity contribution in [1.82, 2.24) is 10.6 Å². The lowest BCUT2D eigenvalue weighted by atomic mass is 10.2. The van der Waals surface area contributed by atoms with Gasteiger partial charge < -0.3 is 16.0 Å². The third kappa shape index (κ3) is 8.21. The van der Waals surface area contributed by atoms with Crippen LogP contribution in [0.25, 0.3) is 0 Å². The van der Waals surface area contributed by atoms with Crippen molar-refractivity contribution >= 4 is 41.5 Å². The normalized spacial score (nSPS) is 10.9. The fourth-order valence-electron chi connectivity index (χ4n) is 1.86. The summed E-state index contributed by atoms with van der Waals surface area (Å²) in [6.07, 6.45) is 1.40. The molecule has 0 heterocycles. The highest BCUT2D eigenvalue weighted by atomic mass is 127. The van der Waals surface area contributed by atoms with Gasteiger partial charge in [0.1, 0.15) is 0 Å². The molecule has 1 aromatic rings. The smallest absolute Gasteiger partial charge is 0.224 e. The van der Waals surface area contributed by atoms with E-state index in [-0.39, 0.29) is 29.9 Å². The van der Waals surface area contributed by atoms with Crippen molar-refractivity contribution in [2.45, 2.75) is 46.2 Å². The molecule has 22 heavy (non-hydrogen) atoms. The van der Waals surface area contributed by atoms with E-state index in [0.29, 0.717) is 19.0 Å². The van der Waals surface area contributed by atoms with E-state index in [9.17, 15) is 4.79 Å². The summed E-state index contributed by atoms with van der Waals surface area (Å²) in [4.78, 5) is 15.8. The summed E-state index contributed by atoms with van der Waals surface area (Å²) in [5.74, 6) is 0.824. The Morgan fingerprint density at radius 1 is 1.32 bits per heavy atom. The maximum atomic E-state index is 11.6. The van der Waals surface area contributed by atoms with Crippen LogP contribution < -0.4 is 16.0 Å². The predicted octanol–water partition coefficient (Wildman–Crippen LogP) is 3.12. The van der Waals surface area contributed by atoms with Gasteiger partial charge in [-0.1, -0.05) is 19.1 Å². The number of nitrogens with one attached hydrogen (secondary N) is 3. The van der Waals surface area contributed by atoms with Crippen molar-refractivity contribution in [2.24, 2.45) is 4.99 Å². The van der Waals surface area contributed by atoms with Gasteiger partial charge >= 0.3 is 0 Å². The van der Waals surface area contributed by atoms with Crippen LogP contribution in [0.2, 0.25) is 0 Å². The first kappa shape index (κ1) is 20.7. The van der Waals surface area contributed by atoms with Crippen molar-refractivity contribution in [1.29, 1.82) is 0 Å². The van der Waals surface area contributed by atoms with Crippen molar-refractivity contribution in [2.75, 3.05) is 12.4 Å². The lowest BCUT2D eigenvalue weighted by Crippen LogP contribution is -2.40. The van der Waals surface area contributed by atoms with Crippen LogP contribution in [0, 0.1) is 0 Å². The highest BCUT2D eigenvalue weighted by Crippen LogP contribution is 2.11. The molecule has 0 saturated carbocycles. The number of anilines is 1. The molecule has 0 atom stereocenters. The molecule has 5 nitrogen and oxygen atoms in total. The molecular weight excluding hydrogens is 391 g/mol. The number of carbonyl (C=O) groups excluding carboxylic acids is 1. The van der Waals surface area contributed by atoms with Gasteiger partial charge in [0.2, 0.25) is 5.91 Å². The van der Waals surface area contributed by atoms with Gasteiger partial charge in [-0.15, -0.1) is 24.0 Å². The third-order valence-corrected chi connectivity index (χ3v) is 2.80. The van der Waals surface area contributed by atoms with Gasteiger partial charge in [-0.3, -0.25) is 9.79 Å². The second-order valence-electron chi connectivity index (χ2n) is 5.22. The van der Waals surface area contributed by atoms with Crippen LogP contribution in [0.15, 0.2) is 29.3 Å². The molecule has 0 aromatic heterocycles. The number of carbonyl (C=O) groups is 1. The summed E-state index contributed by atoms with van der Waals surface area (Å²) in [5, 5.41) is 9.39. The van der Waals surface area contributed by atoms with Gasteiger partial charge in [-0.2, -0.15) is 0 Å². The molecule has 0 aliphatic heterocycles. The minimum absolute atomic E-state index is 0. The highest BCUT2D eigenvalue weighted by Gasteiger charge is 2.03. The number of aliphatic imine (C=N–C) groups is 1. The first-order valence-electron chi connectivity index (χ1n) is 7.41. The van der Waals surface area contributed by atoms with Crippen LogP contribution in [0.1, 0.15) is 39.2 Å². The SMILES string of the molecule is CCCC(=O)Nc1cccc(CNC(=NC)NC(C)C)c1.I. The van der Waals surface area contributed by atoms with Crippen LogP contribution >= 0.6 is 24.0 Å². The monoisotopic (exact) mass is 418 g/mol. The van der Waals surface area contributed by atoms with Gasteiger partial charge in [0, 0.05) is 31.7 Å². The number of benzene rings is 1. The molecular formula is C16H27IN4O. The molecule has 6 heteroatoms. The van der Waals surface area contributed by atoms with Crippen LogP contribution in [-0.4, -0.2) is 25.0 Å². The van der Waals surface area contributed by atoms with Crippen molar-refractivity contribution in [3.05, 3.63) is 29.8 Å². The number of rotatable bonds is 6. The first-order valence-corrected chi connectivity index (χ1v) is 7.41. The van der Waals surface area contributed by atoms with Crippen molar-refractivity contribution in [3.63, 3.8) is 0 Å². The molecule has 0 saturated heterocycles. The van der Waals surface area contributed by atoms with Crippen LogP contribution in [0.5, 0.6) is 0 Å². The number of nitrogens with zero attached hydrogens (tertiary/aromatic N) is 1. The fraction of sp³-hybridized carbons (Fsp3) is 0.500. The fourth-order valence-corrected chi connectivity index (χ4v) is 1.86.